The summed E-state index contributed by atoms with van der Waals surface area (Å²) in [6.45, 7) is 11.3. The minimum Gasteiger partial charge on any atom is -0.474 e. The molecular formula is C15H22N2O2. The molecule has 104 valence electrons. The van der Waals surface area contributed by atoms with Gasteiger partial charge >= 0.3 is 0 Å². The van der Waals surface area contributed by atoms with Gasteiger partial charge in [-0.1, -0.05) is 12.1 Å². The van der Waals surface area contributed by atoms with E-state index < -0.39 is 6.04 Å². The van der Waals surface area contributed by atoms with Crippen LogP contribution < -0.4 is 11.1 Å². The number of hydrogen-bond donors (Lipinski definition) is 2. The van der Waals surface area contributed by atoms with Crippen molar-refractivity contribution in [3.8, 4) is 0 Å². The Balaban J connectivity index is 2.69. The zero-order valence-corrected chi connectivity index (χ0v) is 12.0. The Morgan fingerprint density at radius 3 is 2.47 bits per heavy atom. The smallest absolute Gasteiger partial charge is 0.186 e. The summed E-state index contributed by atoms with van der Waals surface area (Å²) in [5.74, 6) is 0.291. The van der Waals surface area contributed by atoms with Gasteiger partial charge in [0.15, 0.2) is 11.7 Å². The van der Waals surface area contributed by atoms with Gasteiger partial charge in [-0.05, 0) is 46.4 Å². The summed E-state index contributed by atoms with van der Waals surface area (Å²) in [5, 5.41) is 2.94. The molecule has 19 heavy (non-hydrogen) atoms. The predicted octanol–water partition coefficient (Wildman–Crippen LogP) is 2.72. The van der Waals surface area contributed by atoms with Gasteiger partial charge in [-0.2, -0.15) is 0 Å². The summed E-state index contributed by atoms with van der Waals surface area (Å²) in [5.41, 5.74) is 6.42. The molecule has 0 fully saturated rings. The maximum Gasteiger partial charge on any atom is 0.186 e. The van der Waals surface area contributed by atoms with Crippen molar-refractivity contribution in [2.24, 2.45) is 0 Å². The molecule has 1 aromatic carbocycles. The van der Waals surface area contributed by atoms with E-state index in [9.17, 15) is 4.79 Å². The molecule has 4 heteroatoms. The molecular weight excluding hydrogens is 240 g/mol. The van der Waals surface area contributed by atoms with Crippen LogP contribution in [-0.4, -0.2) is 17.4 Å². The Hall–Kier alpha value is -1.97. The molecule has 4 nitrogen and oxygen atoms in total. The molecule has 0 aliphatic heterocycles. The van der Waals surface area contributed by atoms with Crippen LogP contribution in [0.3, 0.4) is 0 Å². The minimum absolute atomic E-state index is 0.0863. The zero-order valence-electron chi connectivity index (χ0n) is 12.0. The first-order valence-corrected chi connectivity index (χ1v) is 6.24. The van der Waals surface area contributed by atoms with Gasteiger partial charge in [-0.3, -0.25) is 4.79 Å². The highest BCUT2D eigenvalue weighted by Crippen LogP contribution is 2.15. The SMILES string of the molecule is C=C(N[C@@H](C)C(=O)c1ccccc1N)OC(C)(C)C. The molecule has 0 unspecified atom stereocenters. The number of anilines is 1. The van der Waals surface area contributed by atoms with Gasteiger partial charge in [0.1, 0.15) is 5.60 Å². The molecule has 3 N–H and O–H groups in total. The molecule has 0 aromatic heterocycles. The second kappa shape index (κ2) is 5.78. The number of para-hydroxylation sites is 1. The lowest BCUT2D eigenvalue weighted by atomic mass is 10.0. The highest BCUT2D eigenvalue weighted by molar-refractivity contribution is 6.04. The average molecular weight is 262 g/mol. The van der Waals surface area contributed by atoms with Crippen molar-refractivity contribution in [1.29, 1.82) is 0 Å². The van der Waals surface area contributed by atoms with E-state index in [-0.39, 0.29) is 11.4 Å². The Kier molecular flexibility index (Phi) is 4.59. The number of nitrogens with two attached hydrogens (primary N) is 1. The fraction of sp³-hybridized carbons (Fsp3) is 0.400. The summed E-state index contributed by atoms with van der Waals surface area (Å²) in [6.07, 6.45) is 0. The highest BCUT2D eigenvalue weighted by atomic mass is 16.5. The van der Waals surface area contributed by atoms with Crippen LogP contribution in [0.4, 0.5) is 5.69 Å². The Morgan fingerprint density at radius 2 is 1.95 bits per heavy atom. The third kappa shape index (κ3) is 4.66. The van der Waals surface area contributed by atoms with Gasteiger partial charge in [-0.25, -0.2) is 0 Å². The first-order valence-electron chi connectivity index (χ1n) is 6.24. The van der Waals surface area contributed by atoms with Crippen LogP contribution in [0.5, 0.6) is 0 Å². The highest BCUT2D eigenvalue weighted by Gasteiger charge is 2.19. The zero-order chi connectivity index (χ0) is 14.6. The fourth-order valence-corrected chi connectivity index (χ4v) is 1.66. The van der Waals surface area contributed by atoms with Crippen LogP contribution in [0, 0.1) is 0 Å². The van der Waals surface area contributed by atoms with E-state index in [2.05, 4.69) is 11.9 Å². The van der Waals surface area contributed by atoms with Crippen molar-refractivity contribution >= 4 is 11.5 Å². The van der Waals surface area contributed by atoms with E-state index in [0.29, 0.717) is 17.1 Å². The van der Waals surface area contributed by atoms with Crippen molar-refractivity contribution in [3.63, 3.8) is 0 Å². The maximum absolute atomic E-state index is 12.2. The largest absolute Gasteiger partial charge is 0.474 e. The molecule has 0 heterocycles. The second-order valence-corrected chi connectivity index (χ2v) is 5.46. The van der Waals surface area contributed by atoms with Crippen LogP contribution in [0.15, 0.2) is 36.7 Å². The molecule has 0 amide bonds. The van der Waals surface area contributed by atoms with Crippen molar-refractivity contribution in [1.82, 2.24) is 5.32 Å². The van der Waals surface area contributed by atoms with Crippen molar-refractivity contribution in [2.75, 3.05) is 5.73 Å². The number of ether oxygens (including phenoxy) is 1. The summed E-state index contributed by atoms with van der Waals surface area (Å²) in [7, 11) is 0. The quantitative estimate of drug-likeness (QED) is 0.486. The molecule has 0 aliphatic carbocycles. The van der Waals surface area contributed by atoms with E-state index in [1.54, 1.807) is 31.2 Å². The summed E-state index contributed by atoms with van der Waals surface area (Å²) in [6, 6.07) is 6.56. The van der Waals surface area contributed by atoms with E-state index in [4.69, 9.17) is 10.5 Å². The number of Topliss-reactive ketones (excluding diaryl/α,β-unsaturated/α-hetero) is 1. The Labute approximate surface area is 114 Å². The monoisotopic (exact) mass is 262 g/mol. The predicted molar refractivity (Wildman–Crippen MR) is 77.8 cm³/mol. The summed E-state index contributed by atoms with van der Waals surface area (Å²) in [4.78, 5) is 12.2. The van der Waals surface area contributed by atoms with Gasteiger partial charge in [0.2, 0.25) is 0 Å². The number of benzene rings is 1. The summed E-state index contributed by atoms with van der Waals surface area (Å²) < 4.78 is 5.54. The topological polar surface area (TPSA) is 64.4 Å². The van der Waals surface area contributed by atoms with Crippen LogP contribution >= 0.6 is 0 Å². The lowest BCUT2D eigenvalue weighted by Gasteiger charge is -2.25. The first-order chi connectivity index (χ1) is 8.70. The first kappa shape index (κ1) is 15.1. The average Bonchev–Trinajstić information content (AvgIpc) is 2.26. The molecule has 1 aromatic rings. The maximum atomic E-state index is 12.2. The van der Waals surface area contributed by atoms with E-state index >= 15 is 0 Å². The summed E-state index contributed by atoms with van der Waals surface area (Å²) >= 11 is 0. The van der Waals surface area contributed by atoms with Crippen LogP contribution in [0.2, 0.25) is 0 Å². The molecule has 0 spiro atoms. The van der Waals surface area contributed by atoms with Gasteiger partial charge in [-0.15, -0.1) is 0 Å². The van der Waals surface area contributed by atoms with Gasteiger partial charge < -0.3 is 15.8 Å². The van der Waals surface area contributed by atoms with Gasteiger partial charge in [0.05, 0.1) is 6.04 Å². The third-order valence-electron chi connectivity index (χ3n) is 2.43. The van der Waals surface area contributed by atoms with Crippen molar-refractivity contribution in [2.45, 2.75) is 39.3 Å². The number of ketones is 1. The van der Waals surface area contributed by atoms with Crippen molar-refractivity contribution in [3.05, 3.63) is 42.3 Å². The number of carbonyl (C=O) groups is 1. The number of rotatable bonds is 5. The molecule has 1 rings (SSSR count). The minimum atomic E-state index is -0.445. The molecule has 0 saturated carbocycles. The molecule has 0 bridgehead atoms. The van der Waals surface area contributed by atoms with E-state index in [1.807, 2.05) is 20.8 Å². The van der Waals surface area contributed by atoms with Crippen LogP contribution in [0.25, 0.3) is 0 Å². The van der Waals surface area contributed by atoms with E-state index in [0.717, 1.165) is 0 Å². The lowest BCUT2D eigenvalue weighted by Crippen LogP contribution is -2.36. The third-order valence-corrected chi connectivity index (χ3v) is 2.43. The number of nitrogens with one attached hydrogen (secondary N) is 1. The Morgan fingerprint density at radius 1 is 1.37 bits per heavy atom. The molecule has 0 radical (unpaired) electrons. The van der Waals surface area contributed by atoms with Crippen LogP contribution in [0.1, 0.15) is 38.1 Å². The van der Waals surface area contributed by atoms with Gasteiger partial charge in [0, 0.05) is 11.3 Å². The Bertz CT molecular complexity index is 475. The van der Waals surface area contributed by atoms with Crippen LogP contribution in [-0.2, 0) is 4.74 Å². The van der Waals surface area contributed by atoms with E-state index in [1.165, 1.54) is 0 Å². The number of nitrogen functional groups attached to an aromatic ring is 1. The fourth-order valence-electron chi connectivity index (χ4n) is 1.66. The number of carbonyl (C=O) groups excluding carboxylic acids is 1. The standard InChI is InChI=1S/C15H22N2O2/c1-10(17-11(2)19-15(3,4)5)14(18)12-8-6-7-9-13(12)16/h6-10,17H,2,16H2,1,3-5H3/t10-/m0/s1. The molecule has 0 saturated heterocycles. The number of hydrogen-bond acceptors (Lipinski definition) is 4. The second-order valence-electron chi connectivity index (χ2n) is 5.46. The lowest BCUT2D eigenvalue weighted by molar-refractivity contribution is 0.0382. The van der Waals surface area contributed by atoms with Gasteiger partial charge in [0.25, 0.3) is 0 Å². The molecule has 1 atom stereocenters. The van der Waals surface area contributed by atoms with Crippen molar-refractivity contribution < 1.29 is 9.53 Å². The normalized spacial score (nSPS) is 12.6. The molecule has 0 aliphatic rings.